The number of aliphatic hydroxyl groups is 1. The van der Waals surface area contributed by atoms with Crippen molar-refractivity contribution >= 4 is 34.4 Å². The number of hydrogen-bond donors (Lipinski definition) is 3. The summed E-state index contributed by atoms with van der Waals surface area (Å²) in [6.45, 7) is 4.29. The summed E-state index contributed by atoms with van der Waals surface area (Å²) in [5.41, 5.74) is 2.76. The fraction of sp³-hybridized carbons (Fsp3) is 0.500. The van der Waals surface area contributed by atoms with E-state index in [1.165, 1.54) is 6.42 Å². The number of nitrogens with one attached hydrogen (secondary N) is 2. The molecule has 1 aromatic heterocycles. The number of carbonyl (C=O) groups excluding carboxylic acids is 3. The third-order valence-corrected chi connectivity index (χ3v) is 9.01. The number of hydrogen-bond acceptors (Lipinski definition) is 5. The lowest BCUT2D eigenvalue weighted by atomic mass is 9.96. The molecule has 5 rings (SSSR count). The van der Waals surface area contributed by atoms with Crippen molar-refractivity contribution in [3.05, 3.63) is 59.8 Å². The van der Waals surface area contributed by atoms with Crippen molar-refractivity contribution in [2.45, 2.75) is 70.6 Å². The minimum atomic E-state index is -0.423. The molecular formula is C34H45N5O5. The summed E-state index contributed by atoms with van der Waals surface area (Å²) < 4.78 is 8.46. The highest BCUT2D eigenvalue weighted by atomic mass is 16.5. The van der Waals surface area contributed by atoms with Crippen LogP contribution in [0.4, 0.5) is 10.5 Å². The molecule has 10 nitrogen and oxygen atoms in total. The minimum Gasteiger partial charge on any atom is -0.487 e. The summed E-state index contributed by atoms with van der Waals surface area (Å²) in [5.74, 6) is -0.209. The number of amides is 4. The normalized spacial score (nSPS) is 19.8. The van der Waals surface area contributed by atoms with Crippen LogP contribution < -0.4 is 15.4 Å². The van der Waals surface area contributed by atoms with Gasteiger partial charge in [0.25, 0.3) is 5.91 Å². The maximum atomic E-state index is 13.8. The fourth-order valence-corrected chi connectivity index (χ4v) is 6.35. The summed E-state index contributed by atoms with van der Waals surface area (Å²) in [6.07, 6.45) is 7.23. The molecule has 2 aromatic carbocycles. The lowest BCUT2D eigenvalue weighted by Crippen LogP contribution is -2.52. The Balaban J connectivity index is 1.34. The highest BCUT2D eigenvalue weighted by Crippen LogP contribution is 2.31. The van der Waals surface area contributed by atoms with E-state index in [0.29, 0.717) is 30.1 Å². The Kier molecular flexibility index (Phi) is 9.78. The molecule has 4 amide bonds. The second kappa shape index (κ2) is 13.7. The number of rotatable bonds is 8. The van der Waals surface area contributed by atoms with Crippen LogP contribution in [0.25, 0.3) is 10.9 Å². The molecule has 0 unspecified atom stereocenters. The Morgan fingerprint density at radius 2 is 1.89 bits per heavy atom. The number of likely N-dealkylation sites (N-methyl/N-ethyl adjacent to an activating group) is 1. The summed E-state index contributed by atoms with van der Waals surface area (Å²) in [4.78, 5) is 43.3. The van der Waals surface area contributed by atoms with Crippen LogP contribution in [0, 0.1) is 5.92 Å². The van der Waals surface area contributed by atoms with Crippen LogP contribution in [0.3, 0.4) is 0 Å². The van der Waals surface area contributed by atoms with Crippen LogP contribution in [0.1, 0.15) is 61.9 Å². The van der Waals surface area contributed by atoms with Gasteiger partial charge in [-0.3, -0.25) is 9.59 Å². The maximum absolute atomic E-state index is 13.8. The third-order valence-electron chi connectivity index (χ3n) is 9.01. The van der Waals surface area contributed by atoms with Crippen LogP contribution in [0.15, 0.2) is 48.7 Å². The zero-order chi connectivity index (χ0) is 31.4. The van der Waals surface area contributed by atoms with E-state index in [0.717, 1.165) is 42.1 Å². The number of carbonyl (C=O) groups is 3. The molecule has 0 radical (unpaired) electrons. The first-order valence-electron chi connectivity index (χ1n) is 15.7. The second-order valence-electron chi connectivity index (χ2n) is 12.5. The molecule has 2 aliphatic rings. The quantitative estimate of drug-likeness (QED) is 0.349. The van der Waals surface area contributed by atoms with Gasteiger partial charge in [0.2, 0.25) is 5.91 Å². The lowest BCUT2D eigenvalue weighted by molar-refractivity contribution is -0.115. The summed E-state index contributed by atoms with van der Waals surface area (Å²) in [6, 6.07) is 12.7. The number of aryl methyl sites for hydroxylation is 1. The van der Waals surface area contributed by atoms with E-state index in [4.69, 9.17) is 4.74 Å². The number of para-hydroxylation sites is 1. The fourth-order valence-electron chi connectivity index (χ4n) is 6.35. The van der Waals surface area contributed by atoms with Crippen LogP contribution in [-0.2, 0) is 18.3 Å². The molecule has 0 spiro atoms. The van der Waals surface area contributed by atoms with Gasteiger partial charge in [0.15, 0.2) is 0 Å². The van der Waals surface area contributed by atoms with Gasteiger partial charge in [-0.15, -0.1) is 0 Å². The van der Waals surface area contributed by atoms with Gasteiger partial charge in [0.1, 0.15) is 11.9 Å². The minimum absolute atomic E-state index is 0.119. The predicted molar refractivity (Wildman–Crippen MR) is 171 cm³/mol. The van der Waals surface area contributed by atoms with E-state index < -0.39 is 12.1 Å². The molecule has 1 aliphatic heterocycles. The molecule has 2 heterocycles. The Morgan fingerprint density at radius 3 is 2.64 bits per heavy atom. The summed E-state index contributed by atoms with van der Waals surface area (Å²) in [5, 5.41) is 17.1. The van der Waals surface area contributed by atoms with Crippen molar-refractivity contribution in [2.75, 3.05) is 32.1 Å². The van der Waals surface area contributed by atoms with Gasteiger partial charge in [0.05, 0.1) is 31.2 Å². The van der Waals surface area contributed by atoms with Crippen LogP contribution in [-0.4, -0.2) is 82.3 Å². The first-order valence-corrected chi connectivity index (χ1v) is 15.7. The summed E-state index contributed by atoms with van der Waals surface area (Å²) in [7, 11) is 3.72. The van der Waals surface area contributed by atoms with E-state index in [1.807, 2.05) is 49.0 Å². The molecule has 10 heteroatoms. The van der Waals surface area contributed by atoms with Crippen molar-refractivity contribution in [3.8, 4) is 5.75 Å². The molecule has 1 fully saturated rings. The van der Waals surface area contributed by atoms with Crippen molar-refractivity contribution < 1.29 is 24.2 Å². The van der Waals surface area contributed by atoms with E-state index >= 15 is 0 Å². The van der Waals surface area contributed by atoms with Gasteiger partial charge >= 0.3 is 6.03 Å². The Labute approximate surface area is 259 Å². The highest BCUT2D eigenvalue weighted by Gasteiger charge is 2.34. The Morgan fingerprint density at radius 1 is 1.14 bits per heavy atom. The van der Waals surface area contributed by atoms with Gasteiger partial charge in [0, 0.05) is 55.4 Å². The van der Waals surface area contributed by atoms with Gasteiger partial charge in [-0.05, 0) is 49.6 Å². The highest BCUT2D eigenvalue weighted by molar-refractivity contribution is 6.00. The number of aromatic nitrogens is 1. The number of anilines is 1. The van der Waals surface area contributed by atoms with Crippen molar-refractivity contribution in [1.29, 1.82) is 0 Å². The molecule has 3 aromatic rings. The standard InChI is InChI=1S/C34H45N5O5/c1-22-18-39(23(2)21-40)33(42)28-17-26(35-32(41)16-24-19-37(3)29-13-9-8-12-27(24)29)14-15-30(28)44-31(22)20-38(4)34(43)36-25-10-6-5-7-11-25/h8-9,12-15,17,19,22-23,25,31,40H,5-7,10-11,16,18,20-21H2,1-4H3,(H,35,41)(H,36,43)/t22-,23-,31+/m0/s1. The van der Waals surface area contributed by atoms with Crippen molar-refractivity contribution in [2.24, 2.45) is 13.0 Å². The Bertz CT molecular complexity index is 1500. The van der Waals surface area contributed by atoms with E-state index in [1.54, 1.807) is 42.0 Å². The molecular weight excluding hydrogens is 558 g/mol. The number of benzene rings is 2. The number of aliphatic hydroxyl groups excluding tert-OH is 1. The monoisotopic (exact) mass is 603 g/mol. The first-order chi connectivity index (χ1) is 21.1. The number of fused-ring (bicyclic) bond motifs is 2. The van der Waals surface area contributed by atoms with Gasteiger partial charge < -0.3 is 34.8 Å². The average Bonchev–Trinajstić information content (AvgIpc) is 3.33. The van der Waals surface area contributed by atoms with E-state index in [2.05, 4.69) is 10.6 Å². The van der Waals surface area contributed by atoms with Crippen LogP contribution in [0.5, 0.6) is 5.75 Å². The van der Waals surface area contributed by atoms with Crippen molar-refractivity contribution in [3.63, 3.8) is 0 Å². The first kappa shape index (κ1) is 31.4. The number of nitrogens with zero attached hydrogens (tertiary/aromatic N) is 3. The van der Waals surface area contributed by atoms with Gasteiger partial charge in [-0.2, -0.15) is 0 Å². The predicted octanol–water partition coefficient (Wildman–Crippen LogP) is 4.55. The SMILES string of the molecule is C[C@H]1CN([C@@H](C)CO)C(=O)c2cc(NC(=O)Cc3cn(C)c4ccccc34)ccc2O[C@@H]1CN(C)C(=O)NC1CCCCC1. The molecule has 3 atom stereocenters. The molecule has 44 heavy (non-hydrogen) atoms. The smallest absolute Gasteiger partial charge is 0.317 e. The zero-order valence-electron chi connectivity index (χ0n) is 26.2. The molecule has 1 aliphatic carbocycles. The molecule has 0 bridgehead atoms. The largest absolute Gasteiger partial charge is 0.487 e. The number of ether oxygens (including phenoxy) is 1. The summed E-state index contributed by atoms with van der Waals surface area (Å²) >= 11 is 0. The zero-order valence-corrected chi connectivity index (χ0v) is 26.2. The molecule has 0 saturated heterocycles. The average molecular weight is 604 g/mol. The number of urea groups is 1. The molecule has 1 saturated carbocycles. The molecule has 236 valence electrons. The second-order valence-corrected chi connectivity index (χ2v) is 12.5. The third kappa shape index (κ3) is 7.01. The lowest BCUT2D eigenvalue weighted by Gasteiger charge is -2.38. The van der Waals surface area contributed by atoms with E-state index in [-0.39, 0.29) is 42.8 Å². The van der Waals surface area contributed by atoms with Crippen LogP contribution in [0.2, 0.25) is 0 Å². The van der Waals surface area contributed by atoms with Crippen LogP contribution >= 0.6 is 0 Å². The van der Waals surface area contributed by atoms with Gasteiger partial charge in [-0.25, -0.2) is 4.79 Å². The van der Waals surface area contributed by atoms with Gasteiger partial charge in [-0.1, -0.05) is 44.4 Å². The topological polar surface area (TPSA) is 116 Å². The maximum Gasteiger partial charge on any atom is 0.317 e. The Hall–Kier alpha value is -4.05. The van der Waals surface area contributed by atoms with Crippen molar-refractivity contribution in [1.82, 2.24) is 19.7 Å². The van der Waals surface area contributed by atoms with E-state index in [9.17, 15) is 19.5 Å². The molecule has 3 N–H and O–H groups in total.